The molecule has 1 aliphatic rings. The molecule has 6 heteroatoms. The number of carbonyl (C=O) groups is 1. The summed E-state index contributed by atoms with van der Waals surface area (Å²) in [5, 5.41) is 5.54. The van der Waals surface area contributed by atoms with E-state index in [-0.39, 0.29) is 5.91 Å². The lowest BCUT2D eigenvalue weighted by Gasteiger charge is -2.34. The van der Waals surface area contributed by atoms with Gasteiger partial charge in [0.2, 0.25) is 0 Å². The Bertz CT molecular complexity index is 1290. The number of fused-ring (bicyclic) bond motifs is 3. The number of amides is 1. The Morgan fingerprint density at radius 2 is 1.70 bits per heavy atom. The molecule has 0 saturated carbocycles. The van der Waals surface area contributed by atoms with Crippen LogP contribution in [0, 0.1) is 0 Å². The van der Waals surface area contributed by atoms with Crippen molar-refractivity contribution < 1.29 is 14.4 Å². The summed E-state index contributed by atoms with van der Waals surface area (Å²) in [5.41, 5.74) is 4.42. The molecule has 3 aromatic carbocycles. The van der Waals surface area contributed by atoms with Gasteiger partial charge in [0.15, 0.2) is 6.54 Å². The van der Waals surface area contributed by atoms with E-state index in [4.69, 9.17) is 4.74 Å². The summed E-state index contributed by atoms with van der Waals surface area (Å²) in [5.74, 6) is 0.966. The number of ether oxygens (including phenoxy) is 1. The lowest BCUT2D eigenvalue weighted by molar-refractivity contribution is -0.892. The summed E-state index contributed by atoms with van der Waals surface area (Å²) < 4.78 is 7.83. The number of hydrogen-bond acceptors (Lipinski definition) is 3. The molecule has 0 spiro atoms. The SMILES string of the molecule is CCn1c2ccccc2c2cc(NC(=O)C[NH+]3CCN(c4ccccc4OC)CC3)ccc21. The third-order valence-corrected chi connectivity index (χ3v) is 6.68. The van der Waals surface area contributed by atoms with Crippen LogP contribution in [0.15, 0.2) is 66.7 Å². The van der Waals surface area contributed by atoms with Crippen molar-refractivity contribution in [1.29, 1.82) is 0 Å². The minimum absolute atomic E-state index is 0.0642. The van der Waals surface area contributed by atoms with Gasteiger partial charge in [-0.3, -0.25) is 4.79 Å². The molecule has 5 rings (SSSR count). The third-order valence-electron chi connectivity index (χ3n) is 6.68. The van der Waals surface area contributed by atoms with Crippen LogP contribution < -0.4 is 19.9 Å². The molecule has 33 heavy (non-hydrogen) atoms. The van der Waals surface area contributed by atoms with Gasteiger partial charge in [-0.05, 0) is 43.3 Å². The molecule has 0 aliphatic carbocycles. The normalized spacial score (nSPS) is 14.7. The number of hydrogen-bond donors (Lipinski definition) is 2. The maximum absolute atomic E-state index is 12.8. The molecule has 1 amide bonds. The molecule has 4 aromatic rings. The summed E-state index contributed by atoms with van der Waals surface area (Å²) in [6.45, 7) is 7.23. The summed E-state index contributed by atoms with van der Waals surface area (Å²) >= 11 is 0. The number of methoxy groups -OCH3 is 1. The van der Waals surface area contributed by atoms with Crippen molar-refractivity contribution in [2.75, 3.05) is 50.1 Å². The van der Waals surface area contributed by atoms with E-state index in [0.717, 1.165) is 49.8 Å². The van der Waals surface area contributed by atoms with Crippen LogP contribution in [0.25, 0.3) is 21.8 Å². The highest BCUT2D eigenvalue weighted by atomic mass is 16.5. The average Bonchev–Trinajstić information content (AvgIpc) is 3.17. The van der Waals surface area contributed by atoms with Crippen molar-refractivity contribution in [3.63, 3.8) is 0 Å². The molecule has 1 fully saturated rings. The quantitative estimate of drug-likeness (QED) is 0.481. The van der Waals surface area contributed by atoms with Crippen molar-refractivity contribution in [3.05, 3.63) is 66.7 Å². The molecule has 170 valence electrons. The van der Waals surface area contributed by atoms with Crippen LogP contribution in [0.5, 0.6) is 5.75 Å². The van der Waals surface area contributed by atoms with E-state index in [0.29, 0.717) is 6.54 Å². The summed E-state index contributed by atoms with van der Waals surface area (Å²) in [7, 11) is 1.71. The van der Waals surface area contributed by atoms with Gasteiger partial charge in [-0.25, -0.2) is 0 Å². The standard InChI is InChI=1S/C27H30N4O2/c1-3-31-23-9-5-4-8-21(23)22-18-20(12-13-24(22)31)28-27(32)19-29-14-16-30(17-15-29)25-10-6-7-11-26(25)33-2/h4-13,18H,3,14-17,19H2,1-2H3,(H,28,32)/p+1. The lowest BCUT2D eigenvalue weighted by atomic mass is 10.1. The number of rotatable bonds is 6. The second kappa shape index (κ2) is 9.16. The Kier molecular flexibility index (Phi) is 5.92. The monoisotopic (exact) mass is 443 g/mol. The predicted molar refractivity (Wildman–Crippen MR) is 135 cm³/mol. The molecule has 0 atom stereocenters. The molecule has 2 heterocycles. The lowest BCUT2D eigenvalue weighted by Crippen LogP contribution is -3.15. The molecule has 1 aromatic heterocycles. The molecule has 2 N–H and O–H groups in total. The minimum atomic E-state index is 0.0642. The highest BCUT2D eigenvalue weighted by Crippen LogP contribution is 2.31. The molecule has 0 unspecified atom stereocenters. The predicted octanol–water partition coefficient (Wildman–Crippen LogP) is 3.17. The zero-order valence-electron chi connectivity index (χ0n) is 19.3. The van der Waals surface area contributed by atoms with Crippen molar-refractivity contribution in [2.45, 2.75) is 13.5 Å². The van der Waals surface area contributed by atoms with E-state index in [1.807, 2.05) is 24.3 Å². The second-order valence-corrected chi connectivity index (χ2v) is 8.63. The summed E-state index contributed by atoms with van der Waals surface area (Å²) in [4.78, 5) is 16.5. The molecular formula is C27H31N4O2+. The zero-order valence-corrected chi connectivity index (χ0v) is 19.3. The Morgan fingerprint density at radius 3 is 2.48 bits per heavy atom. The average molecular weight is 444 g/mol. The van der Waals surface area contributed by atoms with Crippen LogP contribution in [0.1, 0.15) is 6.92 Å². The minimum Gasteiger partial charge on any atom is -0.495 e. The Labute approximate surface area is 194 Å². The molecule has 0 radical (unpaired) electrons. The first-order valence-electron chi connectivity index (χ1n) is 11.7. The van der Waals surface area contributed by atoms with Gasteiger partial charge < -0.3 is 24.4 Å². The topological polar surface area (TPSA) is 50.9 Å². The van der Waals surface area contributed by atoms with Crippen LogP contribution in [0.3, 0.4) is 0 Å². The molecule has 0 bridgehead atoms. The van der Waals surface area contributed by atoms with Gasteiger partial charge in [-0.1, -0.05) is 30.3 Å². The van der Waals surface area contributed by atoms with Crippen molar-refractivity contribution in [3.8, 4) is 5.75 Å². The number of aromatic nitrogens is 1. The maximum atomic E-state index is 12.8. The van der Waals surface area contributed by atoms with E-state index in [9.17, 15) is 4.79 Å². The number of piperazine rings is 1. The van der Waals surface area contributed by atoms with Crippen LogP contribution >= 0.6 is 0 Å². The Balaban J connectivity index is 1.24. The number of aryl methyl sites for hydroxylation is 1. The zero-order chi connectivity index (χ0) is 22.8. The Hall–Kier alpha value is -3.51. The molecule has 1 saturated heterocycles. The van der Waals surface area contributed by atoms with Gasteiger partial charge in [0.25, 0.3) is 5.91 Å². The van der Waals surface area contributed by atoms with Gasteiger partial charge in [0.1, 0.15) is 5.75 Å². The fourth-order valence-electron chi connectivity index (χ4n) is 5.04. The fourth-order valence-corrected chi connectivity index (χ4v) is 5.04. The smallest absolute Gasteiger partial charge is 0.279 e. The van der Waals surface area contributed by atoms with E-state index < -0.39 is 0 Å². The van der Waals surface area contributed by atoms with E-state index in [2.05, 4.69) is 64.2 Å². The number of para-hydroxylation sites is 3. The highest BCUT2D eigenvalue weighted by Gasteiger charge is 2.24. The van der Waals surface area contributed by atoms with E-state index in [1.54, 1.807) is 7.11 Å². The van der Waals surface area contributed by atoms with Crippen LogP contribution in [-0.2, 0) is 11.3 Å². The molecular weight excluding hydrogens is 412 g/mol. The number of nitrogens with zero attached hydrogens (tertiary/aromatic N) is 2. The van der Waals surface area contributed by atoms with Crippen LogP contribution in [-0.4, -0.2) is 50.3 Å². The van der Waals surface area contributed by atoms with Gasteiger partial charge in [-0.15, -0.1) is 0 Å². The number of anilines is 2. The van der Waals surface area contributed by atoms with Gasteiger partial charge >= 0.3 is 0 Å². The maximum Gasteiger partial charge on any atom is 0.279 e. The largest absolute Gasteiger partial charge is 0.495 e. The number of benzene rings is 3. The third kappa shape index (κ3) is 4.14. The van der Waals surface area contributed by atoms with Gasteiger partial charge in [0, 0.05) is 34.0 Å². The van der Waals surface area contributed by atoms with Crippen LogP contribution in [0.4, 0.5) is 11.4 Å². The highest BCUT2D eigenvalue weighted by molar-refractivity contribution is 6.09. The van der Waals surface area contributed by atoms with Crippen molar-refractivity contribution >= 4 is 39.1 Å². The van der Waals surface area contributed by atoms with Crippen molar-refractivity contribution in [2.24, 2.45) is 0 Å². The number of nitrogens with one attached hydrogen (secondary N) is 2. The van der Waals surface area contributed by atoms with Crippen LogP contribution in [0.2, 0.25) is 0 Å². The van der Waals surface area contributed by atoms with Gasteiger partial charge in [0.05, 0.1) is 39.0 Å². The van der Waals surface area contributed by atoms with Crippen molar-refractivity contribution in [1.82, 2.24) is 4.57 Å². The first-order valence-corrected chi connectivity index (χ1v) is 11.7. The Morgan fingerprint density at radius 1 is 0.970 bits per heavy atom. The number of carbonyl (C=O) groups excluding carboxylic acids is 1. The first kappa shape index (κ1) is 21.3. The van der Waals surface area contributed by atoms with Gasteiger partial charge in [-0.2, -0.15) is 0 Å². The van der Waals surface area contributed by atoms with E-state index in [1.165, 1.54) is 26.7 Å². The fraction of sp³-hybridized carbons (Fsp3) is 0.296. The first-order chi connectivity index (χ1) is 16.2. The molecule has 1 aliphatic heterocycles. The second-order valence-electron chi connectivity index (χ2n) is 8.63. The summed E-state index contributed by atoms with van der Waals surface area (Å²) in [6, 6.07) is 22.8. The number of quaternary nitrogens is 1. The summed E-state index contributed by atoms with van der Waals surface area (Å²) in [6.07, 6.45) is 0. The van der Waals surface area contributed by atoms with E-state index >= 15 is 0 Å². The molecule has 6 nitrogen and oxygen atoms in total.